The zero-order valence-electron chi connectivity index (χ0n) is 58.2. The number of likely N-dealkylation sites (N-methyl/N-ethyl adjacent to an activating group) is 2. The zero-order valence-corrected chi connectivity index (χ0v) is 58.2. The summed E-state index contributed by atoms with van der Waals surface area (Å²) in [6, 6.07) is 0. The number of hydrogen-bond acceptors (Lipinski definition) is 12. The Hall–Kier alpha value is -4.03. The van der Waals surface area contributed by atoms with Gasteiger partial charge in [0.25, 0.3) is 0 Å². The molecule has 0 spiro atoms. The van der Waals surface area contributed by atoms with Crippen molar-refractivity contribution in [3.8, 4) is 0 Å². The maximum Gasteiger partial charge on any atom is 0.407 e. The SMILES string of the molecule is CCCCCCCCCCCCCCCCCCCCCCCCCC(=O)OCC(CN(C)CCN(C)C(=O)CN(CCN(CC(=O)O)CC(=O)O)CCN(CC(=O)O)C(=O)O)OC(=O)CCCCCCCCCCCCCCCCCCCCCCCCC. The van der Waals surface area contributed by atoms with E-state index in [2.05, 4.69) is 13.8 Å². The number of ether oxygens (including phenoxy) is 2. The second-order valence-corrected chi connectivity index (χ2v) is 26.3. The first-order valence-corrected chi connectivity index (χ1v) is 36.9. The van der Waals surface area contributed by atoms with Gasteiger partial charge < -0.3 is 39.7 Å². The van der Waals surface area contributed by atoms with Crippen molar-refractivity contribution in [2.24, 2.45) is 0 Å². The number of unbranched alkanes of at least 4 members (excludes halogenated alkanes) is 44. The van der Waals surface area contributed by atoms with Gasteiger partial charge in [-0.25, -0.2) is 4.79 Å². The van der Waals surface area contributed by atoms with Crippen molar-refractivity contribution in [3.63, 3.8) is 0 Å². The molecule has 0 aliphatic rings. The predicted molar refractivity (Wildman–Crippen MR) is 364 cm³/mol. The molecule has 4 N–H and O–H groups in total. The highest BCUT2D eigenvalue weighted by atomic mass is 16.6. The summed E-state index contributed by atoms with van der Waals surface area (Å²) in [7, 11) is 3.41. The van der Waals surface area contributed by atoms with E-state index < -0.39 is 49.7 Å². The molecule has 0 bridgehead atoms. The van der Waals surface area contributed by atoms with Crippen LogP contribution in [0.15, 0.2) is 0 Å². The van der Waals surface area contributed by atoms with Gasteiger partial charge >= 0.3 is 35.9 Å². The van der Waals surface area contributed by atoms with Crippen LogP contribution in [-0.4, -0.2) is 186 Å². The van der Waals surface area contributed by atoms with Gasteiger partial charge in [0.2, 0.25) is 5.91 Å². The Kier molecular flexibility index (Phi) is 60.9. The van der Waals surface area contributed by atoms with Crippen LogP contribution in [0.25, 0.3) is 0 Å². The molecule has 0 saturated heterocycles. The average Bonchev–Trinajstić information content (AvgIpc) is 3.66. The van der Waals surface area contributed by atoms with Gasteiger partial charge in [-0.05, 0) is 19.9 Å². The van der Waals surface area contributed by atoms with E-state index in [1.165, 1.54) is 265 Å². The van der Waals surface area contributed by atoms with Crippen LogP contribution in [0, 0.1) is 0 Å². The lowest BCUT2D eigenvalue weighted by atomic mass is 10.0. The van der Waals surface area contributed by atoms with Crippen LogP contribution < -0.4 is 0 Å². The predicted octanol–water partition coefficient (Wildman–Crippen LogP) is 16.4. The molecule has 528 valence electrons. The Balaban J connectivity index is 4.99. The first-order valence-electron chi connectivity index (χ1n) is 36.9. The highest BCUT2D eigenvalue weighted by molar-refractivity contribution is 5.78. The summed E-state index contributed by atoms with van der Waals surface area (Å²) in [5.41, 5.74) is 0. The minimum atomic E-state index is -1.47. The number of carbonyl (C=O) groups excluding carboxylic acids is 3. The van der Waals surface area contributed by atoms with Gasteiger partial charge in [-0.15, -0.1) is 0 Å². The van der Waals surface area contributed by atoms with Crippen LogP contribution in [0.2, 0.25) is 0 Å². The standard InChI is InChI=1S/C72H137N5O13/c1-5-7-9-11-13-15-17-19-21-23-25-27-29-31-33-35-37-39-41-43-45-47-49-51-70(85)89-64-65(90-71(86)52-50-48-46-44-42-40-38-36-34-32-30-28-26-24-22-20-18-16-14-12-10-8-6-2)59-73(3)53-54-74(4)66(78)60-75(57-58-77(72(87)88)63-69(83)84)55-56-76(61-67(79)80)62-68(81)82/h65H,5-64H2,1-4H3,(H,79,80)(H,81,82)(H,83,84)(H,87,88). The molecule has 0 rings (SSSR count). The second kappa shape index (κ2) is 63.7. The fourth-order valence-corrected chi connectivity index (χ4v) is 11.8. The average molecular weight is 1280 g/mol. The highest BCUT2D eigenvalue weighted by Gasteiger charge is 2.24. The van der Waals surface area contributed by atoms with Crippen molar-refractivity contribution >= 4 is 41.8 Å². The lowest BCUT2D eigenvalue weighted by Crippen LogP contribution is -2.48. The van der Waals surface area contributed by atoms with Gasteiger partial charge in [-0.2, -0.15) is 0 Å². The smallest absolute Gasteiger partial charge is 0.407 e. The van der Waals surface area contributed by atoms with E-state index in [0.717, 1.165) is 44.9 Å². The molecule has 0 heterocycles. The molecule has 1 unspecified atom stereocenters. The number of carboxylic acid groups (broad SMARTS) is 4. The number of rotatable bonds is 70. The van der Waals surface area contributed by atoms with Crippen LogP contribution in [0.5, 0.6) is 0 Å². The van der Waals surface area contributed by atoms with E-state index in [1.54, 1.807) is 7.05 Å². The Morgan fingerprint density at radius 2 is 0.633 bits per heavy atom. The van der Waals surface area contributed by atoms with Gasteiger partial charge in [0, 0.05) is 65.7 Å². The third kappa shape index (κ3) is 60.2. The number of amides is 2. The molecule has 0 aliphatic carbocycles. The number of nitrogens with zero attached hydrogens (tertiary/aromatic N) is 5. The quantitative estimate of drug-likeness (QED) is 0.0327. The lowest BCUT2D eigenvalue weighted by Gasteiger charge is -2.30. The molecule has 0 aromatic rings. The highest BCUT2D eigenvalue weighted by Crippen LogP contribution is 2.19. The minimum absolute atomic E-state index is 0.00831. The molecule has 2 amide bonds. The minimum Gasteiger partial charge on any atom is -0.480 e. The first kappa shape index (κ1) is 86.0. The van der Waals surface area contributed by atoms with Crippen molar-refractivity contribution < 1.29 is 63.5 Å². The van der Waals surface area contributed by atoms with Gasteiger partial charge in [-0.1, -0.05) is 296 Å². The largest absolute Gasteiger partial charge is 0.480 e. The van der Waals surface area contributed by atoms with Gasteiger partial charge in [0.05, 0.1) is 19.6 Å². The van der Waals surface area contributed by atoms with E-state index in [9.17, 15) is 54.0 Å². The van der Waals surface area contributed by atoms with Crippen molar-refractivity contribution in [1.29, 1.82) is 0 Å². The number of hydrogen-bond donors (Lipinski definition) is 4. The molecule has 0 aromatic carbocycles. The van der Waals surface area contributed by atoms with Crippen molar-refractivity contribution in [2.45, 2.75) is 328 Å². The normalized spacial score (nSPS) is 11.9. The molecular weight excluding hydrogens is 1140 g/mol. The van der Waals surface area contributed by atoms with E-state index in [0.29, 0.717) is 17.9 Å². The maximum absolute atomic E-state index is 13.6. The van der Waals surface area contributed by atoms with E-state index in [4.69, 9.17) is 9.47 Å². The third-order valence-electron chi connectivity index (χ3n) is 17.5. The van der Waals surface area contributed by atoms with E-state index >= 15 is 0 Å². The maximum atomic E-state index is 13.6. The molecule has 1 atom stereocenters. The van der Waals surface area contributed by atoms with Crippen molar-refractivity contribution in [1.82, 2.24) is 24.5 Å². The van der Waals surface area contributed by atoms with Gasteiger partial charge in [0.1, 0.15) is 19.3 Å². The summed E-state index contributed by atoms with van der Waals surface area (Å²) >= 11 is 0. The second-order valence-electron chi connectivity index (χ2n) is 26.3. The lowest BCUT2D eigenvalue weighted by molar-refractivity contribution is -0.160. The Labute approximate surface area is 548 Å². The fourth-order valence-electron chi connectivity index (χ4n) is 11.8. The van der Waals surface area contributed by atoms with Crippen LogP contribution in [0.4, 0.5) is 4.79 Å². The summed E-state index contributed by atoms with van der Waals surface area (Å²) in [4.78, 5) is 92.6. The molecule has 90 heavy (non-hydrogen) atoms. The van der Waals surface area contributed by atoms with Gasteiger partial charge in [0.15, 0.2) is 0 Å². The summed E-state index contributed by atoms with van der Waals surface area (Å²) in [5, 5.41) is 37.5. The van der Waals surface area contributed by atoms with Crippen LogP contribution in [0.3, 0.4) is 0 Å². The number of aliphatic carboxylic acids is 3. The number of esters is 2. The molecule has 0 fully saturated rings. The van der Waals surface area contributed by atoms with Crippen LogP contribution >= 0.6 is 0 Å². The summed E-state index contributed by atoms with van der Waals surface area (Å²) in [5.74, 6) is -4.89. The molecule has 0 radical (unpaired) electrons. The van der Waals surface area contributed by atoms with E-state index in [1.807, 2.05) is 11.9 Å². The first-order chi connectivity index (χ1) is 43.6. The van der Waals surface area contributed by atoms with Crippen LogP contribution in [0.1, 0.15) is 322 Å². The molecule has 0 aromatic heterocycles. The Morgan fingerprint density at radius 1 is 0.333 bits per heavy atom. The number of carbonyl (C=O) groups is 7. The Bertz CT molecular complexity index is 1730. The summed E-state index contributed by atoms with van der Waals surface area (Å²) in [6.45, 7) is 2.66. The topological polar surface area (TPSA) is 235 Å². The zero-order chi connectivity index (χ0) is 66.3. The van der Waals surface area contributed by atoms with E-state index in [-0.39, 0.29) is 76.7 Å². The summed E-state index contributed by atoms with van der Waals surface area (Å²) < 4.78 is 11.7. The third-order valence-corrected chi connectivity index (χ3v) is 17.5. The molecule has 0 saturated carbocycles. The molecular formula is C72H137N5O13. The molecule has 18 nitrogen and oxygen atoms in total. The van der Waals surface area contributed by atoms with Crippen LogP contribution in [-0.2, 0) is 38.2 Å². The molecule has 18 heteroatoms. The van der Waals surface area contributed by atoms with Gasteiger partial charge in [-0.3, -0.25) is 43.5 Å². The summed E-state index contributed by atoms with van der Waals surface area (Å²) in [6.07, 6.45) is 58.1. The number of carboxylic acids is 3. The monoisotopic (exact) mass is 1280 g/mol. The molecule has 0 aliphatic heterocycles. The van der Waals surface area contributed by atoms with Crippen molar-refractivity contribution in [3.05, 3.63) is 0 Å². The fraction of sp³-hybridized carbons (Fsp3) is 0.903. The Morgan fingerprint density at radius 3 is 0.956 bits per heavy atom. The van der Waals surface area contributed by atoms with Crippen molar-refractivity contribution in [2.75, 3.05) is 92.7 Å².